The molecule has 2 aliphatic carbocycles. The molecule has 0 heterocycles. The molecular weight excluding hydrogens is 336 g/mol. The third-order valence-corrected chi connectivity index (χ3v) is 6.10. The Bertz CT molecular complexity index is 573. The molecule has 0 spiro atoms. The summed E-state index contributed by atoms with van der Waals surface area (Å²) in [5.41, 5.74) is 1.53. The lowest BCUT2D eigenvalue weighted by Gasteiger charge is -2.19. The van der Waals surface area contributed by atoms with E-state index in [2.05, 4.69) is 48.3 Å². The van der Waals surface area contributed by atoms with Gasteiger partial charge in [0.1, 0.15) is 0 Å². The first-order valence-corrected chi connectivity index (χ1v) is 10.4. The first-order chi connectivity index (χ1) is 12.9. The average Bonchev–Trinajstić information content (AvgIpc) is 3.13. The second kappa shape index (κ2) is 11.0. The van der Waals surface area contributed by atoms with Crippen LogP contribution in [-0.4, -0.2) is 61.1 Å². The van der Waals surface area contributed by atoms with Gasteiger partial charge in [0.25, 0.3) is 0 Å². The fourth-order valence-electron chi connectivity index (χ4n) is 4.38. The Morgan fingerprint density at radius 1 is 1.33 bits per heavy atom. The van der Waals surface area contributed by atoms with Crippen molar-refractivity contribution in [2.24, 2.45) is 23.7 Å². The van der Waals surface area contributed by atoms with Gasteiger partial charge in [0.15, 0.2) is 0 Å². The van der Waals surface area contributed by atoms with Crippen LogP contribution in [-0.2, 0) is 0 Å². The van der Waals surface area contributed by atoms with Crippen LogP contribution in [0.2, 0.25) is 0 Å². The van der Waals surface area contributed by atoms with Crippen LogP contribution in [0.15, 0.2) is 23.8 Å². The lowest BCUT2D eigenvalue weighted by Crippen LogP contribution is -2.26. The molecule has 0 bridgehead atoms. The lowest BCUT2D eigenvalue weighted by atomic mass is 9.89. The van der Waals surface area contributed by atoms with Crippen LogP contribution >= 0.6 is 0 Å². The number of nitrogens with one attached hydrogen (secondary N) is 1. The summed E-state index contributed by atoms with van der Waals surface area (Å²) in [7, 11) is 4.18. The number of hydrogen-bond acceptors (Lipinski definition) is 4. The minimum Gasteiger partial charge on any atom is -0.392 e. The van der Waals surface area contributed by atoms with E-state index in [1.807, 2.05) is 19.9 Å². The standard InChI is InChI=1S/C23H38N2O2/c1-5-6-7-17(2)22(26)9-8-20-21-15-18(14-19(21)16-23(20)27)10-11-24-12-13-25(3)4/h8-10,17,19-24,26-27H,7,11-16H2,1-4H3/t17-,19+,20-,21+,22-,23-/m1/s1. The molecule has 2 rings (SSSR count). The van der Waals surface area contributed by atoms with Crippen LogP contribution in [0.25, 0.3) is 0 Å². The maximum absolute atomic E-state index is 10.5. The number of hydrogen-bond donors (Lipinski definition) is 3. The van der Waals surface area contributed by atoms with E-state index in [4.69, 9.17) is 0 Å². The van der Waals surface area contributed by atoms with E-state index in [1.54, 1.807) is 0 Å². The fourth-order valence-corrected chi connectivity index (χ4v) is 4.38. The zero-order valence-electron chi connectivity index (χ0n) is 17.5. The van der Waals surface area contributed by atoms with Crippen LogP contribution in [0.4, 0.5) is 0 Å². The fraction of sp³-hybridized carbons (Fsp3) is 0.739. The maximum atomic E-state index is 10.5. The van der Waals surface area contributed by atoms with Gasteiger partial charge in [-0.15, -0.1) is 11.8 Å². The average molecular weight is 375 g/mol. The van der Waals surface area contributed by atoms with E-state index >= 15 is 0 Å². The third-order valence-electron chi connectivity index (χ3n) is 6.10. The summed E-state index contributed by atoms with van der Waals surface area (Å²) in [6.07, 6.45) is 9.35. The number of likely N-dealkylation sites (N-methyl/N-ethyl adjacent to an activating group) is 1. The summed E-state index contributed by atoms with van der Waals surface area (Å²) in [4.78, 5) is 2.18. The Morgan fingerprint density at radius 2 is 2.11 bits per heavy atom. The van der Waals surface area contributed by atoms with Gasteiger partial charge in [-0.05, 0) is 58.0 Å². The van der Waals surface area contributed by atoms with Crippen LogP contribution in [0.1, 0.15) is 39.5 Å². The number of nitrogens with zero attached hydrogens (tertiary/aromatic N) is 1. The Hall–Kier alpha value is -1.12. The van der Waals surface area contributed by atoms with Gasteiger partial charge in [0.05, 0.1) is 12.2 Å². The quantitative estimate of drug-likeness (QED) is 0.330. The smallest absolute Gasteiger partial charge is 0.0755 e. The Labute approximate surface area is 165 Å². The van der Waals surface area contributed by atoms with E-state index in [0.29, 0.717) is 18.3 Å². The van der Waals surface area contributed by atoms with Crippen molar-refractivity contribution in [3.63, 3.8) is 0 Å². The van der Waals surface area contributed by atoms with E-state index in [0.717, 1.165) is 38.9 Å². The number of aliphatic hydroxyl groups excluding tert-OH is 2. The number of rotatable bonds is 9. The third kappa shape index (κ3) is 6.76. The van der Waals surface area contributed by atoms with Crippen molar-refractivity contribution in [2.75, 3.05) is 33.7 Å². The normalized spacial score (nSPS) is 31.3. The van der Waals surface area contributed by atoms with Gasteiger partial charge >= 0.3 is 0 Å². The highest BCUT2D eigenvalue weighted by atomic mass is 16.3. The Kier molecular flexibility index (Phi) is 9.05. The highest BCUT2D eigenvalue weighted by Gasteiger charge is 2.44. The molecular formula is C23H38N2O2. The van der Waals surface area contributed by atoms with Crippen LogP contribution in [0.3, 0.4) is 0 Å². The van der Waals surface area contributed by atoms with E-state index in [9.17, 15) is 10.2 Å². The maximum Gasteiger partial charge on any atom is 0.0755 e. The van der Waals surface area contributed by atoms with Crippen molar-refractivity contribution in [1.82, 2.24) is 10.2 Å². The number of fused-ring (bicyclic) bond motifs is 1. The first kappa shape index (κ1) is 22.2. The van der Waals surface area contributed by atoms with Gasteiger partial charge in [0, 0.05) is 32.0 Å². The molecule has 2 saturated carbocycles. The Morgan fingerprint density at radius 3 is 2.81 bits per heavy atom. The summed E-state index contributed by atoms with van der Waals surface area (Å²) in [5, 5.41) is 24.3. The number of allylic oxidation sites excluding steroid dienone is 1. The summed E-state index contributed by atoms with van der Waals surface area (Å²) in [5.74, 6) is 7.31. The molecule has 6 atom stereocenters. The molecule has 2 fully saturated rings. The van der Waals surface area contributed by atoms with Crippen molar-refractivity contribution >= 4 is 0 Å². The van der Waals surface area contributed by atoms with Crippen LogP contribution < -0.4 is 5.32 Å². The zero-order valence-corrected chi connectivity index (χ0v) is 17.5. The predicted octanol–water partition coefficient (Wildman–Crippen LogP) is 2.44. The molecule has 0 unspecified atom stereocenters. The molecule has 0 aliphatic heterocycles. The largest absolute Gasteiger partial charge is 0.392 e. The molecule has 3 N–H and O–H groups in total. The summed E-state index contributed by atoms with van der Waals surface area (Å²) in [6.45, 7) is 6.84. The van der Waals surface area contributed by atoms with Gasteiger partial charge < -0.3 is 20.4 Å². The van der Waals surface area contributed by atoms with E-state index < -0.39 is 6.10 Å². The van der Waals surface area contributed by atoms with E-state index in [1.165, 1.54) is 5.57 Å². The molecule has 152 valence electrons. The Balaban J connectivity index is 1.85. The van der Waals surface area contributed by atoms with E-state index in [-0.39, 0.29) is 17.9 Å². The summed E-state index contributed by atoms with van der Waals surface area (Å²) in [6, 6.07) is 0. The van der Waals surface area contributed by atoms with Crippen molar-refractivity contribution in [1.29, 1.82) is 0 Å². The lowest BCUT2D eigenvalue weighted by molar-refractivity contribution is 0.137. The van der Waals surface area contributed by atoms with Crippen molar-refractivity contribution < 1.29 is 10.2 Å². The highest BCUT2D eigenvalue weighted by Crippen LogP contribution is 2.50. The SMILES string of the molecule is CC#CC[C@@H](C)[C@H](O)C=C[C@@H]1[C@H]2CC(=CCNCCN(C)C)C[C@H]2C[C@H]1O. The van der Waals surface area contributed by atoms with Gasteiger partial charge in [0.2, 0.25) is 0 Å². The van der Waals surface area contributed by atoms with Gasteiger partial charge in [-0.25, -0.2) is 0 Å². The minimum absolute atomic E-state index is 0.121. The van der Waals surface area contributed by atoms with Crippen LogP contribution in [0.5, 0.6) is 0 Å². The molecule has 27 heavy (non-hydrogen) atoms. The van der Waals surface area contributed by atoms with Crippen LogP contribution in [0, 0.1) is 35.5 Å². The van der Waals surface area contributed by atoms with Gasteiger partial charge in [-0.1, -0.05) is 30.7 Å². The molecule has 0 saturated heterocycles. The van der Waals surface area contributed by atoms with Crippen molar-refractivity contribution in [2.45, 2.75) is 51.7 Å². The molecule has 2 aliphatic rings. The van der Waals surface area contributed by atoms with Crippen molar-refractivity contribution in [3.05, 3.63) is 23.8 Å². The zero-order chi connectivity index (χ0) is 19.8. The molecule has 0 aromatic heterocycles. The number of aliphatic hydroxyl groups is 2. The minimum atomic E-state index is -0.491. The highest BCUT2D eigenvalue weighted by molar-refractivity contribution is 5.18. The predicted molar refractivity (Wildman–Crippen MR) is 112 cm³/mol. The molecule has 0 amide bonds. The van der Waals surface area contributed by atoms with Crippen molar-refractivity contribution in [3.8, 4) is 11.8 Å². The molecule has 0 aromatic carbocycles. The first-order valence-electron chi connectivity index (χ1n) is 10.4. The second-order valence-electron chi connectivity index (χ2n) is 8.57. The molecule has 4 heteroatoms. The van der Waals surface area contributed by atoms with Gasteiger partial charge in [-0.2, -0.15) is 0 Å². The van der Waals surface area contributed by atoms with Gasteiger partial charge in [-0.3, -0.25) is 0 Å². The summed E-state index contributed by atoms with van der Waals surface area (Å²) < 4.78 is 0. The monoisotopic (exact) mass is 374 g/mol. The molecule has 0 radical (unpaired) electrons. The topological polar surface area (TPSA) is 55.7 Å². The second-order valence-corrected chi connectivity index (χ2v) is 8.57. The molecule has 4 nitrogen and oxygen atoms in total. The molecule has 0 aromatic rings. The summed E-state index contributed by atoms with van der Waals surface area (Å²) >= 11 is 0.